The fraction of sp³-hybridized carbons (Fsp3) is 0.250. The molecule has 4 nitrogen and oxygen atoms in total. The van der Waals surface area contributed by atoms with E-state index in [-0.39, 0.29) is 11.9 Å². The lowest BCUT2D eigenvalue weighted by atomic mass is 10.2. The Morgan fingerprint density at radius 2 is 2.29 bits per heavy atom. The van der Waals surface area contributed by atoms with E-state index in [1.165, 1.54) is 0 Å². The Hall–Kier alpha value is -1.33. The van der Waals surface area contributed by atoms with Crippen molar-refractivity contribution in [2.45, 2.75) is 6.04 Å². The molecule has 5 heteroatoms. The van der Waals surface area contributed by atoms with E-state index in [9.17, 15) is 4.79 Å². The van der Waals surface area contributed by atoms with E-state index in [1.54, 1.807) is 6.07 Å². The number of fused-ring (bicyclic) bond motifs is 1. The van der Waals surface area contributed by atoms with Crippen molar-refractivity contribution in [3.05, 3.63) is 34.5 Å². The molecule has 0 unspecified atom stereocenters. The third-order valence-corrected chi connectivity index (χ3v) is 3.46. The van der Waals surface area contributed by atoms with Crippen LogP contribution in [0, 0.1) is 0 Å². The van der Waals surface area contributed by atoms with Crippen LogP contribution in [0.1, 0.15) is 10.6 Å². The molecule has 1 fully saturated rings. The van der Waals surface area contributed by atoms with Crippen molar-refractivity contribution in [2.75, 3.05) is 13.1 Å². The maximum absolute atomic E-state index is 11.9. The first-order valence-corrected chi connectivity index (χ1v) is 6.23. The molecule has 3 rings (SSSR count). The lowest BCUT2D eigenvalue weighted by molar-refractivity contribution is 0.0898. The second-order valence-electron chi connectivity index (χ2n) is 4.10. The van der Waals surface area contributed by atoms with Crippen LogP contribution in [0.15, 0.2) is 33.2 Å². The molecule has 0 bridgehead atoms. The SMILES string of the molecule is O=C(NC1CNC1)c1cc2cccc(Br)c2o1. The molecule has 0 aliphatic carbocycles. The van der Waals surface area contributed by atoms with Crippen molar-refractivity contribution in [3.8, 4) is 0 Å². The highest BCUT2D eigenvalue weighted by Crippen LogP contribution is 2.26. The summed E-state index contributed by atoms with van der Waals surface area (Å²) in [4.78, 5) is 11.9. The van der Waals surface area contributed by atoms with Crippen LogP contribution in [-0.2, 0) is 0 Å². The summed E-state index contributed by atoms with van der Waals surface area (Å²) in [5.41, 5.74) is 0.712. The summed E-state index contributed by atoms with van der Waals surface area (Å²) in [5, 5.41) is 6.93. The zero-order valence-corrected chi connectivity index (χ0v) is 10.6. The van der Waals surface area contributed by atoms with Crippen molar-refractivity contribution in [1.29, 1.82) is 0 Å². The number of furan rings is 1. The molecule has 2 N–H and O–H groups in total. The molecule has 1 aromatic heterocycles. The average molecular weight is 295 g/mol. The minimum absolute atomic E-state index is 0.153. The number of amides is 1. The molecule has 2 aromatic rings. The summed E-state index contributed by atoms with van der Waals surface area (Å²) in [6.45, 7) is 1.66. The van der Waals surface area contributed by atoms with Gasteiger partial charge in [0, 0.05) is 18.5 Å². The third-order valence-electron chi connectivity index (χ3n) is 2.84. The van der Waals surface area contributed by atoms with E-state index >= 15 is 0 Å². The second kappa shape index (κ2) is 4.16. The first-order chi connectivity index (χ1) is 8.24. The quantitative estimate of drug-likeness (QED) is 0.889. The first-order valence-electron chi connectivity index (χ1n) is 5.44. The Kier molecular flexibility index (Phi) is 2.64. The third kappa shape index (κ3) is 1.96. The fourth-order valence-electron chi connectivity index (χ4n) is 1.79. The minimum atomic E-state index is -0.153. The van der Waals surface area contributed by atoms with Crippen LogP contribution in [0.2, 0.25) is 0 Å². The van der Waals surface area contributed by atoms with Gasteiger partial charge in [-0.3, -0.25) is 4.79 Å². The first kappa shape index (κ1) is 10.8. The maximum Gasteiger partial charge on any atom is 0.287 e. The zero-order chi connectivity index (χ0) is 11.8. The Morgan fingerprint density at radius 1 is 1.47 bits per heavy atom. The molecule has 0 atom stereocenters. The number of para-hydroxylation sites is 1. The minimum Gasteiger partial charge on any atom is -0.450 e. The predicted octanol–water partition coefficient (Wildman–Crippen LogP) is 1.90. The molecule has 1 amide bonds. The Morgan fingerprint density at radius 3 is 2.94 bits per heavy atom. The van der Waals surface area contributed by atoms with Gasteiger partial charge in [0.25, 0.3) is 5.91 Å². The lowest BCUT2D eigenvalue weighted by Gasteiger charge is -2.27. The second-order valence-corrected chi connectivity index (χ2v) is 4.95. The average Bonchev–Trinajstić information content (AvgIpc) is 2.68. The smallest absolute Gasteiger partial charge is 0.287 e. The zero-order valence-electron chi connectivity index (χ0n) is 9.00. The number of halogens is 1. The van der Waals surface area contributed by atoms with Crippen molar-refractivity contribution in [2.24, 2.45) is 0 Å². The normalized spacial score (nSPS) is 15.8. The number of carbonyl (C=O) groups is 1. The van der Waals surface area contributed by atoms with Crippen LogP contribution in [0.5, 0.6) is 0 Å². The molecule has 2 heterocycles. The summed E-state index contributed by atoms with van der Waals surface area (Å²) in [6, 6.07) is 7.72. The van der Waals surface area contributed by atoms with E-state index in [2.05, 4.69) is 26.6 Å². The van der Waals surface area contributed by atoms with E-state index < -0.39 is 0 Å². The molecule has 17 heavy (non-hydrogen) atoms. The van der Waals surface area contributed by atoms with Gasteiger partial charge < -0.3 is 15.1 Å². The van der Waals surface area contributed by atoms with Crippen molar-refractivity contribution >= 4 is 32.8 Å². The van der Waals surface area contributed by atoms with Crippen LogP contribution in [-0.4, -0.2) is 25.0 Å². The Labute approximate surface area is 106 Å². The highest BCUT2D eigenvalue weighted by atomic mass is 79.9. The summed E-state index contributed by atoms with van der Waals surface area (Å²) in [7, 11) is 0. The number of hydrogen-bond donors (Lipinski definition) is 2. The highest BCUT2D eigenvalue weighted by Gasteiger charge is 2.21. The number of hydrogen-bond acceptors (Lipinski definition) is 3. The van der Waals surface area contributed by atoms with Crippen molar-refractivity contribution in [3.63, 3.8) is 0 Å². The van der Waals surface area contributed by atoms with Gasteiger partial charge in [0.2, 0.25) is 0 Å². The lowest BCUT2D eigenvalue weighted by Crippen LogP contribution is -2.56. The van der Waals surface area contributed by atoms with Gasteiger partial charge in [-0.25, -0.2) is 0 Å². The Balaban J connectivity index is 1.89. The highest BCUT2D eigenvalue weighted by molar-refractivity contribution is 9.10. The van der Waals surface area contributed by atoms with Crippen LogP contribution < -0.4 is 10.6 Å². The number of benzene rings is 1. The number of nitrogens with one attached hydrogen (secondary N) is 2. The molecule has 1 aliphatic rings. The predicted molar refractivity (Wildman–Crippen MR) is 68.0 cm³/mol. The topological polar surface area (TPSA) is 54.3 Å². The van der Waals surface area contributed by atoms with Crippen LogP contribution in [0.4, 0.5) is 0 Å². The molecule has 0 saturated carbocycles. The van der Waals surface area contributed by atoms with E-state index in [1.807, 2.05) is 18.2 Å². The van der Waals surface area contributed by atoms with Crippen molar-refractivity contribution < 1.29 is 9.21 Å². The largest absolute Gasteiger partial charge is 0.450 e. The molecule has 1 aromatic carbocycles. The summed E-state index contributed by atoms with van der Waals surface area (Å²) < 4.78 is 6.41. The van der Waals surface area contributed by atoms with Crippen LogP contribution >= 0.6 is 15.9 Å². The van der Waals surface area contributed by atoms with Gasteiger partial charge in [0.05, 0.1) is 10.5 Å². The molecule has 88 valence electrons. The van der Waals surface area contributed by atoms with Crippen LogP contribution in [0.3, 0.4) is 0 Å². The maximum atomic E-state index is 11.9. The van der Waals surface area contributed by atoms with Crippen LogP contribution in [0.25, 0.3) is 11.0 Å². The van der Waals surface area contributed by atoms with E-state index in [0.29, 0.717) is 11.3 Å². The van der Waals surface area contributed by atoms with Gasteiger partial charge in [-0.1, -0.05) is 12.1 Å². The summed E-state index contributed by atoms with van der Waals surface area (Å²) in [5.74, 6) is 0.207. The molecule has 1 saturated heterocycles. The number of rotatable bonds is 2. The van der Waals surface area contributed by atoms with Gasteiger partial charge in [0.15, 0.2) is 5.76 Å². The molecule has 0 radical (unpaired) electrons. The van der Waals surface area contributed by atoms with Crippen molar-refractivity contribution in [1.82, 2.24) is 10.6 Å². The monoisotopic (exact) mass is 294 g/mol. The summed E-state index contributed by atoms with van der Waals surface area (Å²) in [6.07, 6.45) is 0. The standard InChI is InChI=1S/C12H11BrN2O2/c13-9-3-1-2-7-4-10(17-11(7)9)12(16)15-8-5-14-6-8/h1-4,8,14H,5-6H2,(H,15,16). The fourth-order valence-corrected chi connectivity index (χ4v) is 2.25. The van der Waals surface area contributed by atoms with Gasteiger partial charge in [-0.15, -0.1) is 0 Å². The number of carbonyl (C=O) groups excluding carboxylic acids is 1. The summed E-state index contributed by atoms with van der Waals surface area (Å²) >= 11 is 3.40. The van der Waals surface area contributed by atoms with E-state index in [4.69, 9.17) is 4.42 Å². The van der Waals surface area contributed by atoms with Gasteiger partial charge in [-0.2, -0.15) is 0 Å². The molecule has 1 aliphatic heterocycles. The van der Waals surface area contributed by atoms with Gasteiger partial charge >= 0.3 is 0 Å². The molecule has 0 spiro atoms. The molecular formula is C12H11BrN2O2. The molecular weight excluding hydrogens is 284 g/mol. The van der Waals surface area contributed by atoms with E-state index in [0.717, 1.165) is 22.9 Å². The van der Waals surface area contributed by atoms with Gasteiger partial charge in [0.1, 0.15) is 5.58 Å². The Bertz CT molecular complexity index is 575. The van der Waals surface area contributed by atoms with Gasteiger partial charge in [-0.05, 0) is 28.1 Å².